The molecule has 3 N–H and O–H groups in total. The van der Waals surface area contributed by atoms with Crippen molar-refractivity contribution in [2.45, 2.75) is 44.6 Å². The molecule has 1 aliphatic rings. The van der Waals surface area contributed by atoms with Gasteiger partial charge in [-0.25, -0.2) is 0 Å². The first-order chi connectivity index (χ1) is 13.1. The first kappa shape index (κ1) is 19.6. The third-order valence-electron chi connectivity index (χ3n) is 5.21. The Hall–Kier alpha value is -2.12. The van der Waals surface area contributed by atoms with E-state index in [4.69, 9.17) is 0 Å². The molecule has 3 rings (SSSR count). The number of aromatic nitrogens is 1. The van der Waals surface area contributed by atoms with E-state index in [1.807, 2.05) is 11.0 Å². The van der Waals surface area contributed by atoms with Crippen molar-refractivity contribution in [3.63, 3.8) is 0 Å². The van der Waals surface area contributed by atoms with Crippen LogP contribution in [0.15, 0.2) is 29.6 Å². The molecule has 27 heavy (non-hydrogen) atoms. The van der Waals surface area contributed by atoms with Crippen LogP contribution in [0.4, 0.5) is 0 Å². The Labute approximate surface area is 162 Å². The van der Waals surface area contributed by atoms with Crippen LogP contribution in [0, 0.1) is 0 Å². The average Bonchev–Trinajstić information content (AvgIpc) is 3.09. The topological polar surface area (TPSA) is 85.4 Å². The van der Waals surface area contributed by atoms with Gasteiger partial charge < -0.3 is 20.3 Å². The number of phenols is 1. The van der Waals surface area contributed by atoms with E-state index < -0.39 is 0 Å². The fraction of sp³-hybridized carbons (Fsp3) is 0.500. The van der Waals surface area contributed by atoms with E-state index in [1.165, 1.54) is 25.3 Å². The average molecular weight is 390 g/mol. The SMILES string of the molecule is C=CC(=O)N(CCNCCc1ccc(O)c2[nH]c(=O)sc12)C1CCCCC1. The zero-order chi connectivity index (χ0) is 19.2. The fourth-order valence-corrected chi connectivity index (χ4v) is 4.70. The Kier molecular flexibility index (Phi) is 6.68. The molecular formula is C20H27N3O3S. The molecule has 0 spiro atoms. The minimum Gasteiger partial charge on any atom is -0.506 e. The lowest BCUT2D eigenvalue weighted by Crippen LogP contribution is -2.44. The molecule has 1 aromatic carbocycles. The third kappa shape index (κ3) is 4.78. The number of benzene rings is 1. The summed E-state index contributed by atoms with van der Waals surface area (Å²) in [6.45, 7) is 5.78. The minimum absolute atomic E-state index is 0.0149. The van der Waals surface area contributed by atoms with Crippen molar-refractivity contribution in [2.75, 3.05) is 19.6 Å². The van der Waals surface area contributed by atoms with Gasteiger partial charge in [0.1, 0.15) is 11.3 Å². The van der Waals surface area contributed by atoms with Crippen molar-refractivity contribution in [3.8, 4) is 5.75 Å². The van der Waals surface area contributed by atoms with Crippen LogP contribution < -0.4 is 10.2 Å². The minimum atomic E-state index is -0.160. The van der Waals surface area contributed by atoms with Gasteiger partial charge in [0.15, 0.2) is 0 Å². The summed E-state index contributed by atoms with van der Waals surface area (Å²) in [7, 11) is 0. The number of aromatic hydroxyl groups is 1. The number of thiazole rings is 1. The van der Waals surface area contributed by atoms with Crippen LogP contribution in [0.25, 0.3) is 10.2 Å². The second-order valence-electron chi connectivity index (χ2n) is 6.99. The summed E-state index contributed by atoms with van der Waals surface area (Å²) in [5, 5.41) is 13.2. The predicted molar refractivity (Wildman–Crippen MR) is 109 cm³/mol. The van der Waals surface area contributed by atoms with Crippen molar-refractivity contribution >= 4 is 27.5 Å². The summed E-state index contributed by atoms with van der Waals surface area (Å²) in [6.07, 6.45) is 7.97. The number of carbonyl (C=O) groups excluding carboxylic acids is 1. The number of H-pyrrole nitrogens is 1. The van der Waals surface area contributed by atoms with E-state index in [2.05, 4.69) is 16.9 Å². The van der Waals surface area contributed by atoms with Crippen LogP contribution in [0.3, 0.4) is 0 Å². The zero-order valence-electron chi connectivity index (χ0n) is 15.5. The standard InChI is InChI=1S/C20H27N3O3S/c1-2-17(25)23(15-6-4-3-5-7-15)13-12-21-11-10-14-8-9-16(24)18-19(14)27-20(26)22-18/h2,8-9,15,21,24H,1,3-7,10-13H2,(H,22,26). The van der Waals surface area contributed by atoms with Gasteiger partial charge >= 0.3 is 4.87 Å². The van der Waals surface area contributed by atoms with E-state index in [9.17, 15) is 14.7 Å². The van der Waals surface area contributed by atoms with E-state index >= 15 is 0 Å². The lowest BCUT2D eigenvalue weighted by Gasteiger charge is -2.33. The summed E-state index contributed by atoms with van der Waals surface area (Å²) < 4.78 is 0.812. The van der Waals surface area contributed by atoms with Gasteiger partial charge in [-0.1, -0.05) is 43.2 Å². The van der Waals surface area contributed by atoms with Gasteiger partial charge in [-0.3, -0.25) is 9.59 Å². The van der Waals surface area contributed by atoms with Crippen LogP contribution in [0.2, 0.25) is 0 Å². The third-order valence-corrected chi connectivity index (χ3v) is 6.17. The predicted octanol–water partition coefficient (Wildman–Crippen LogP) is 2.77. The number of hydrogen-bond donors (Lipinski definition) is 3. The van der Waals surface area contributed by atoms with Crippen molar-refractivity contribution in [1.29, 1.82) is 0 Å². The van der Waals surface area contributed by atoms with Crippen LogP contribution in [0.5, 0.6) is 5.75 Å². The van der Waals surface area contributed by atoms with Crippen LogP contribution in [-0.2, 0) is 11.2 Å². The Morgan fingerprint density at radius 1 is 1.33 bits per heavy atom. The molecule has 1 aliphatic carbocycles. The highest BCUT2D eigenvalue weighted by Gasteiger charge is 2.23. The van der Waals surface area contributed by atoms with E-state index in [1.54, 1.807) is 6.07 Å². The second-order valence-corrected chi connectivity index (χ2v) is 7.97. The number of nitrogens with zero attached hydrogens (tertiary/aromatic N) is 1. The van der Waals surface area contributed by atoms with E-state index in [0.29, 0.717) is 18.1 Å². The molecule has 0 unspecified atom stereocenters. The number of rotatable bonds is 8. The maximum atomic E-state index is 12.2. The number of phenolic OH excluding ortho intramolecular Hbond substituents is 1. The molecule has 1 fully saturated rings. The monoisotopic (exact) mass is 389 g/mol. The quantitative estimate of drug-likeness (QED) is 0.479. The summed E-state index contributed by atoms with van der Waals surface area (Å²) in [6, 6.07) is 3.81. The molecule has 0 radical (unpaired) electrons. The van der Waals surface area contributed by atoms with Crippen molar-refractivity contribution < 1.29 is 9.90 Å². The van der Waals surface area contributed by atoms with E-state index in [0.717, 1.165) is 54.0 Å². The van der Waals surface area contributed by atoms with Gasteiger partial charge in [0.25, 0.3) is 0 Å². The lowest BCUT2D eigenvalue weighted by molar-refractivity contribution is -0.128. The molecular weight excluding hydrogens is 362 g/mol. The van der Waals surface area contributed by atoms with E-state index in [-0.39, 0.29) is 16.5 Å². The first-order valence-electron chi connectivity index (χ1n) is 9.57. The smallest absolute Gasteiger partial charge is 0.305 e. The fourth-order valence-electron chi connectivity index (χ4n) is 3.80. The van der Waals surface area contributed by atoms with Gasteiger partial charge in [0.2, 0.25) is 5.91 Å². The summed E-state index contributed by atoms with van der Waals surface area (Å²) in [5.74, 6) is 0.118. The molecule has 1 heterocycles. The molecule has 1 saturated carbocycles. The molecule has 0 bridgehead atoms. The summed E-state index contributed by atoms with van der Waals surface area (Å²) in [5.41, 5.74) is 1.55. The Balaban J connectivity index is 1.52. The van der Waals surface area contributed by atoms with Gasteiger partial charge in [-0.05, 0) is 43.5 Å². The van der Waals surface area contributed by atoms with Gasteiger partial charge in [0, 0.05) is 19.1 Å². The lowest BCUT2D eigenvalue weighted by atomic mass is 9.94. The molecule has 1 aromatic heterocycles. The Bertz CT molecular complexity index is 852. The normalized spacial score (nSPS) is 15.1. The number of nitrogens with one attached hydrogen (secondary N) is 2. The number of carbonyl (C=O) groups is 1. The molecule has 7 heteroatoms. The van der Waals surface area contributed by atoms with Crippen molar-refractivity contribution in [2.24, 2.45) is 0 Å². The van der Waals surface area contributed by atoms with Crippen LogP contribution in [0.1, 0.15) is 37.7 Å². The highest BCUT2D eigenvalue weighted by atomic mass is 32.1. The molecule has 2 aromatic rings. The maximum Gasteiger partial charge on any atom is 0.305 e. The number of aromatic amines is 1. The summed E-state index contributed by atoms with van der Waals surface area (Å²) >= 11 is 1.12. The van der Waals surface area contributed by atoms with Crippen LogP contribution >= 0.6 is 11.3 Å². The largest absolute Gasteiger partial charge is 0.506 e. The number of fused-ring (bicyclic) bond motifs is 1. The molecule has 0 atom stereocenters. The summed E-state index contributed by atoms with van der Waals surface area (Å²) in [4.78, 5) is 28.3. The Morgan fingerprint density at radius 3 is 2.85 bits per heavy atom. The van der Waals surface area contributed by atoms with Crippen LogP contribution in [-0.4, -0.2) is 46.6 Å². The molecule has 1 amide bonds. The number of amides is 1. The zero-order valence-corrected chi connectivity index (χ0v) is 16.3. The molecule has 146 valence electrons. The van der Waals surface area contributed by atoms with Gasteiger partial charge in [0.05, 0.1) is 4.70 Å². The molecule has 0 saturated heterocycles. The van der Waals surface area contributed by atoms with Crippen molar-refractivity contribution in [1.82, 2.24) is 15.2 Å². The maximum absolute atomic E-state index is 12.2. The van der Waals surface area contributed by atoms with Gasteiger partial charge in [-0.15, -0.1) is 0 Å². The highest BCUT2D eigenvalue weighted by Crippen LogP contribution is 2.28. The Morgan fingerprint density at radius 2 is 2.11 bits per heavy atom. The second kappa shape index (κ2) is 9.19. The molecule has 0 aliphatic heterocycles. The number of hydrogen-bond acceptors (Lipinski definition) is 5. The highest BCUT2D eigenvalue weighted by molar-refractivity contribution is 7.16. The first-order valence-corrected chi connectivity index (χ1v) is 10.4. The van der Waals surface area contributed by atoms with Gasteiger partial charge in [-0.2, -0.15) is 0 Å². The molecule has 6 nitrogen and oxygen atoms in total. The van der Waals surface area contributed by atoms with Crippen molar-refractivity contribution in [3.05, 3.63) is 40.0 Å².